The third-order valence-electron chi connectivity index (χ3n) is 2.69. The number of nitrogens with one attached hydrogen (secondary N) is 1. The fourth-order valence-electron chi connectivity index (χ4n) is 1.79. The Morgan fingerprint density at radius 2 is 1.57 bits per heavy atom. The normalized spacial score (nSPS) is 10.7. The molecule has 0 fully saturated rings. The summed E-state index contributed by atoms with van der Waals surface area (Å²) in [5.74, 6) is -1.86. The second-order valence-electron chi connectivity index (χ2n) is 4.38. The maximum absolute atomic E-state index is 14.0. The first-order chi connectivity index (χ1) is 9.99. The molecule has 0 unspecified atom stereocenters. The first-order valence-corrected chi connectivity index (χ1v) is 7.07. The number of rotatable bonds is 5. The molecule has 0 heterocycles. The molecule has 0 aromatic heterocycles. The summed E-state index contributed by atoms with van der Waals surface area (Å²) >= 11 is 11.6. The quantitative estimate of drug-likeness (QED) is 0.815. The largest absolute Gasteiger partial charge is 0.451 e. The lowest BCUT2D eigenvalue weighted by Crippen LogP contribution is -2.12. The van der Waals surface area contributed by atoms with Crippen LogP contribution in [0.15, 0.2) is 30.3 Å². The van der Waals surface area contributed by atoms with Crippen molar-refractivity contribution in [2.24, 2.45) is 0 Å². The second kappa shape index (κ2) is 7.07. The molecular formula is C15H13Cl2F2NO. The molecule has 0 atom stereocenters. The Kier molecular flexibility index (Phi) is 5.39. The molecule has 0 aliphatic rings. The van der Waals surface area contributed by atoms with Gasteiger partial charge in [-0.3, -0.25) is 0 Å². The maximum atomic E-state index is 14.0. The lowest BCUT2D eigenvalue weighted by molar-refractivity contribution is 0.406. The summed E-state index contributed by atoms with van der Waals surface area (Å²) in [5, 5.41) is 3.64. The molecule has 0 saturated carbocycles. The van der Waals surface area contributed by atoms with Crippen LogP contribution in [0, 0.1) is 11.6 Å². The predicted molar refractivity (Wildman–Crippen MR) is 80.3 cm³/mol. The van der Waals surface area contributed by atoms with E-state index in [-0.39, 0.29) is 5.75 Å². The summed E-state index contributed by atoms with van der Waals surface area (Å²) in [6.07, 6.45) is 0. The van der Waals surface area contributed by atoms with E-state index in [9.17, 15) is 8.78 Å². The monoisotopic (exact) mass is 331 g/mol. The van der Waals surface area contributed by atoms with Crippen LogP contribution in [0.1, 0.15) is 12.5 Å². The lowest BCUT2D eigenvalue weighted by atomic mass is 10.2. The van der Waals surface area contributed by atoms with E-state index in [1.165, 1.54) is 30.3 Å². The van der Waals surface area contributed by atoms with Crippen LogP contribution in [0.5, 0.6) is 11.5 Å². The van der Waals surface area contributed by atoms with Crippen LogP contribution in [0.4, 0.5) is 8.78 Å². The zero-order valence-corrected chi connectivity index (χ0v) is 12.7. The van der Waals surface area contributed by atoms with Gasteiger partial charge in [0.2, 0.25) is 0 Å². The average molecular weight is 332 g/mol. The van der Waals surface area contributed by atoms with Gasteiger partial charge in [-0.1, -0.05) is 30.1 Å². The molecule has 0 amide bonds. The third kappa shape index (κ3) is 4.30. The van der Waals surface area contributed by atoms with Gasteiger partial charge >= 0.3 is 0 Å². The van der Waals surface area contributed by atoms with Gasteiger partial charge in [0.25, 0.3) is 0 Å². The fraction of sp³-hybridized carbons (Fsp3) is 0.200. The molecule has 2 aromatic carbocycles. The van der Waals surface area contributed by atoms with Crippen molar-refractivity contribution < 1.29 is 13.5 Å². The van der Waals surface area contributed by atoms with Gasteiger partial charge in [0, 0.05) is 16.6 Å². The molecule has 0 bridgehead atoms. The number of hydrogen-bond acceptors (Lipinski definition) is 2. The molecular weight excluding hydrogens is 319 g/mol. The Balaban J connectivity index is 2.27. The van der Waals surface area contributed by atoms with E-state index in [1.54, 1.807) is 0 Å². The molecule has 6 heteroatoms. The summed E-state index contributed by atoms with van der Waals surface area (Å²) in [6, 6.07) is 6.82. The third-order valence-corrected chi connectivity index (χ3v) is 3.13. The van der Waals surface area contributed by atoms with Crippen molar-refractivity contribution >= 4 is 23.2 Å². The summed E-state index contributed by atoms with van der Waals surface area (Å²) in [7, 11) is 0. The van der Waals surface area contributed by atoms with Crippen molar-refractivity contribution in [1.82, 2.24) is 5.32 Å². The van der Waals surface area contributed by atoms with E-state index in [0.717, 1.165) is 0 Å². The minimum atomic E-state index is -0.779. The van der Waals surface area contributed by atoms with Crippen LogP contribution in [-0.2, 0) is 6.54 Å². The summed E-state index contributed by atoms with van der Waals surface area (Å²) in [5.41, 5.74) is 0.503. The lowest BCUT2D eigenvalue weighted by Gasteiger charge is -2.11. The van der Waals surface area contributed by atoms with Gasteiger partial charge < -0.3 is 10.1 Å². The molecule has 2 nitrogen and oxygen atoms in total. The van der Waals surface area contributed by atoms with E-state index >= 15 is 0 Å². The zero-order chi connectivity index (χ0) is 15.4. The van der Waals surface area contributed by atoms with Gasteiger partial charge in [-0.2, -0.15) is 0 Å². The molecule has 0 saturated heterocycles. The Hall–Kier alpha value is -1.36. The van der Waals surface area contributed by atoms with Crippen LogP contribution >= 0.6 is 23.2 Å². The molecule has 0 aliphatic carbocycles. The highest BCUT2D eigenvalue weighted by Gasteiger charge is 2.14. The molecule has 2 rings (SSSR count). The van der Waals surface area contributed by atoms with E-state index in [0.29, 0.717) is 28.7 Å². The minimum Gasteiger partial charge on any atom is -0.451 e. The van der Waals surface area contributed by atoms with Crippen molar-refractivity contribution in [1.29, 1.82) is 0 Å². The summed E-state index contributed by atoms with van der Waals surface area (Å²) in [4.78, 5) is 0. The van der Waals surface area contributed by atoms with E-state index in [4.69, 9.17) is 27.9 Å². The molecule has 2 aromatic rings. The van der Waals surface area contributed by atoms with Crippen LogP contribution in [0.25, 0.3) is 0 Å². The molecule has 21 heavy (non-hydrogen) atoms. The van der Waals surface area contributed by atoms with E-state index < -0.39 is 17.4 Å². The van der Waals surface area contributed by atoms with Crippen molar-refractivity contribution in [2.45, 2.75) is 13.5 Å². The summed E-state index contributed by atoms with van der Waals surface area (Å²) < 4.78 is 33.2. The van der Waals surface area contributed by atoms with Crippen LogP contribution in [0.3, 0.4) is 0 Å². The molecule has 1 N–H and O–H groups in total. The smallest absolute Gasteiger partial charge is 0.198 e. The molecule has 112 valence electrons. The van der Waals surface area contributed by atoms with E-state index in [1.807, 2.05) is 6.92 Å². The van der Waals surface area contributed by atoms with Crippen LogP contribution < -0.4 is 10.1 Å². The Morgan fingerprint density at radius 3 is 2.10 bits per heavy atom. The molecule has 0 aliphatic heterocycles. The molecule has 0 spiro atoms. The second-order valence-corrected chi connectivity index (χ2v) is 5.25. The zero-order valence-electron chi connectivity index (χ0n) is 11.2. The highest BCUT2D eigenvalue weighted by Crippen LogP contribution is 2.32. The van der Waals surface area contributed by atoms with E-state index in [2.05, 4.69) is 5.32 Å². The first kappa shape index (κ1) is 16.0. The standard InChI is InChI=1S/C15H13Cl2F2NO/c1-2-20-8-9-3-13(18)15(14(19)4-9)21-12-6-10(16)5-11(17)7-12/h3-7,20H,2,8H2,1H3. The van der Waals surface area contributed by atoms with Crippen molar-refractivity contribution in [3.63, 3.8) is 0 Å². The minimum absolute atomic E-state index is 0.171. The highest BCUT2D eigenvalue weighted by atomic mass is 35.5. The SMILES string of the molecule is CCNCc1cc(F)c(Oc2cc(Cl)cc(Cl)c2)c(F)c1. The van der Waals surface area contributed by atoms with Crippen molar-refractivity contribution in [3.05, 3.63) is 57.6 Å². The Morgan fingerprint density at radius 1 is 1.00 bits per heavy atom. The number of benzene rings is 2. The van der Waals surface area contributed by atoms with Gasteiger partial charge in [-0.05, 0) is 42.4 Å². The van der Waals surface area contributed by atoms with Gasteiger partial charge in [0.05, 0.1) is 0 Å². The Bertz CT molecular complexity index is 606. The van der Waals surface area contributed by atoms with Crippen LogP contribution in [0.2, 0.25) is 10.0 Å². The van der Waals surface area contributed by atoms with Crippen molar-refractivity contribution in [3.8, 4) is 11.5 Å². The number of halogens is 4. The van der Waals surface area contributed by atoms with Gasteiger partial charge in [0.15, 0.2) is 17.4 Å². The van der Waals surface area contributed by atoms with Crippen LogP contribution in [-0.4, -0.2) is 6.54 Å². The number of hydrogen-bond donors (Lipinski definition) is 1. The first-order valence-electron chi connectivity index (χ1n) is 6.32. The Labute approximate surface area is 131 Å². The molecule has 0 radical (unpaired) electrons. The van der Waals surface area contributed by atoms with Gasteiger partial charge in [-0.25, -0.2) is 8.78 Å². The van der Waals surface area contributed by atoms with Crippen molar-refractivity contribution in [2.75, 3.05) is 6.54 Å². The average Bonchev–Trinajstić information content (AvgIpc) is 2.39. The number of ether oxygens (including phenoxy) is 1. The highest BCUT2D eigenvalue weighted by molar-refractivity contribution is 6.34. The van der Waals surface area contributed by atoms with Gasteiger partial charge in [0.1, 0.15) is 5.75 Å². The summed E-state index contributed by atoms with van der Waals surface area (Å²) in [6.45, 7) is 3.00. The van der Waals surface area contributed by atoms with Gasteiger partial charge in [-0.15, -0.1) is 0 Å². The maximum Gasteiger partial charge on any atom is 0.198 e. The fourth-order valence-corrected chi connectivity index (χ4v) is 2.29. The topological polar surface area (TPSA) is 21.3 Å². The predicted octanol–water partition coefficient (Wildman–Crippen LogP) is 5.17.